The standard InChI is InChI=1S/C19H21N5O5/c25-17-16(18(26)23(19(27)20-17)12-6-2-1-3-7-12)15-10-14(21-22-15)11-5-4-8-13(9-11)24(28)29/h4-5,8-9,12,14,21,26H,1-3,6-7,10H2,(H,20,25,27). The Morgan fingerprint density at radius 1 is 1.21 bits per heavy atom. The molecule has 0 radical (unpaired) electrons. The van der Waals surface area contributed by atoms with E-state index in [9.17, 15) is 24.8 Å². The topological polar surface area (TPSA) is 143 Å². The molecule has 10 heteroatoms. The van der Waals surface area contributed by atoms with Gasteiger partial charge in [-0.1, -0.05) is 31.4 Å². The van der Waals surface area contributed by atoms with E-state index in [1.165, 1.54) is 16.7 Å². The first-order chi connectivity index (χ1) is 14.0. The van der Waals surface area contributed by atoms with Crippen molar-refractivity contribution in [3.8, 4) is 5.88 Å². The highest BCUT2D eigenvalue weighted by atomic mass is 16.6. The Morgan fingerprint density at radius 2 is 1.97 bits per heavy atom. The fraction of sp³-hybridized carbons (Fsp3) is 0.421. The molecular weight excluding hydrogens is 378 g/mol. The Balaban J connectivity index is 1.66. The number of nitrogens with zero attached hydrogens (tertiary/aromatic N) is 3. The molecule has 0 amide bonds. The zero-order valence-electron chi connectivity index (χ0n) is 15.6. The van der Waals surface area contributed by atoms with Crippen LogP contribution in [-0.2, 0) is 0 Å². The number of benzene rings is 1. The first-order valence-corrected chi connectivity index (χ1v) is 9.60. The molecule has 1 aromatic carbocycles. The molecule has 4 rings (SSSR count). The van der Waals surface area contributed by atoms with Gasteiger partial charge in [-0.25, -0.2) is 4.79 Å². The number of rotatable bonds is 4. The van der Waals surface area contributed by atoms with Crippen molar-refractivity contribution in [1.82, 2.24) is 15.0 Å². The second-order valence-corrected chi connectivity index (χ2v) is 7.42. The summed E-state index contributed by atoms with van der Waals surface area (Å²) in [7, 11) is 0. The summed E-state index contributed by atoms with van der Waals surface area (Å²) in [5, 5.41) is 26.0. The number of aromatic hydroxyl groups is 1. The van der Waals surface area contributed by atoms with Crippen LogP contribution < -0.4 is 16.7 Å². The molecule has 0 saturated heterocycles. The number of non-ortho nitro benzene ring substituents is 1. The Bertz CT molecular complexity index is 1100. The Kier molecular flexibility index (Phi) is 4.91. The number of nitro benzene ring substituents is 1. The fourth-order valence-electron chi connectivity index (χ4n) is 4.12. The minimum atomic E-state index is -0.695. The maximum atomic E-state index is 12.4. The lowest BCUT2D eigenvalue weighted by Gasteiger charge is -2.25. The smallest absolute Gasteiger partial charge is 0.331 e. The average Bonchev–Trinajstić information content (AvgIpc) is 3.18. The molecule has 2 aliphatic rings. The number of hydrazone groups is 1. The largest absolute Gasteiger partial charge is 0.494 e. The van der Waals surface area contributed by atoms with Gasteiger partial charge < -0.3 is 10.5 Å². The molecule has 1 aromatic heterocycles. The summed E-state index contributed by atoms with van der Waals surface area (Å²) in [6.07, 6.45) is 4.79. The van der Waals surface area contributed by atoms with E-state index < -0.39 is 16.2 Å². The lowest BCUT2D eigenvalue weighted by Crippen LogP contribution is -2.36. The predicted octanol–water partition coefficient (Wildman–Crippen LogP) is 2.09. The highest BCUT2D eigenvalue weighted by Crippen LogP contribution is 2.32. The summed E-state index contributed by atoms with van der Waals surface area (Å²) in [5.74, 6) is -0.370. The van der Waals surface area contributed by atoms with E-state index in [-0.39, 0.29) is 35.6 Å². The van der Waals surface area contributed by atoms with Gasteiger partial charge in [-0.2, -0.15) is 5.10 Å². The third-order valence-corrected chi connectivity index (χ3v) is 5.58. The Hall–Kier alpha value is -3.43. The van der Waals surface area contributed by atoms with Crippen molar-refractivity contribution in [2.75, 3.05) is 0 Å². The number of aromatic nitrogens is 2. The van der Waals surface area contributed by atoms with Gasteiger partial charge >= 0.3 is 5.69 Å². The van der Waals surface area contributed by atoms with Crippen molar-refractivity contribution in [2.45, 2.75) is 50.6 Å². The molecule has 1 atom stereocenters. The minimum absolute atomic E-state index is 0.0318. The number of H-pyrrole nitrogens is 1. The number of nitrogens with one attached hydrogen (secondary N) is 2. The monoisotopic (exact) mass is 399 g/mol. The maximum absolute atomic E-state index is 12.4. The van der Waals surface area contributed by atoms with Crippen LogP contribution in [0, 0.1) is 10.1 Å². The van der Waals surface area contributed by atoms with Gasteiger partial charge in [0.2, 0.25) is 5.88 Å². The third kappa shape index (κ3) is 3.53. The van der Waals surface area contributed by atoms with Crippen LogP contribution in [0.25, 0.3) is 0 Å². The quantitative estimate of drug-likeness (QED) is 0.531. The van der Waals surface area contributed by atoms with E-state index in [1.807, 2.05) is 0 Å². The van der Waals surface area contributed by atoms with Crippen LogP contribution in [-0.4, -0.2) is 25.3 Å². The van der Waals surface area contributed by atoms with Gasteiger partial charge in [0.05, 0.1) is 16.7 Å². The van der Waals surface area contributed by atoms with Crippen LogP contribution in [0.3, 0.4) is 0 Å². The normalized spacial score (nSPS) is 19.6. The molecule has 1 unspecified atom stereocenters. The summed E-state index contributed by atoms with van der Waals surface area (Å²) >= 11 is 0. The summed E-state index contributed by atoms with van der Waals surface area (Å²) in [6, 6.07) is 5.63. The van der Waals surface area contributed by atoms with E-state index in [0.29, 0.717) is 11.3 Å². The molecule has 10 nitrogen and oxygen atoms in total. The molecule has 29 heavy (non-hydrogen) atoms. The van der Waals surface area contributed by atoms with Crippen molar-refractivity contribution in [3.05, 3.63) is 66.3 Å². The number of hydrogen-bond acceptors (Lipinski definition) is 7. The molecule has 3 N–H and O–H groups in total. The van der Waals surface area contributed by atoms with Crippen LogP contribution >= 0.6 is 0 Å². The van der Waals surface area contributed by atoms with E-state index >= 15 is 0 Å². The van der Waals surface area contributed by atoms with Crippen molar-refractivity contribution >= 4 is 11.4 Å². The predicted molar refractivity (Wildman–Crippen MR) is 105 cm³/mol. The number of aromatic amines is 1. The van der Waals surface area contributed by atoms with Crippen molar-refractivity contribution in [3.63, 3.8) is 0 Å². The zero-order valence-corrected chi connectivity index (χ0v) is 15.6. The molecule has 152 valence electrons. The molecule has 0 spiro atoms. The van der Waals surface area contributed by atoms with Crippen LogP contribution in [0.5, 0.6) is 5.88 Å². The molecular formula is C19H21N5O5. The van der Waals surface area contributed by atoms with Gasteiger partial charge in [0, 0.05) is 24.6 Å². The Morgan fingerprint density at radius 3 is 2.69 bits per heavy atom. The molecule has 2 heterocycles. The van der Waals surface area contributed by atoms with E-state index in [4.69, 9.17) is 0 Å². The molecule has 1 aliphatic carbocycles. The first-order valence-electron chi connectivity index (χ1n) is 9.60. The molecule has 1 saturated carbocycles. The van der Waals surface area contributed by atoms with E-state index in [1.54, 1.807) is 12.1 Å². The summed E-state index contributed by atoms with van der Waals surface area (Å²) in [5.41, 5.74) is 2.44. The van der Waals surface area contributed by atoms with E-state index in [0.717, 1.165) is 32.1 Å². The van der Waals surface area contributed by atoms with Crippen LogP contribution in [0.1, 0.15) is 61.7 Å². The maximum Gasteiger partial charge on any atom is 0.331 e. The lowest BCUT2D eigenvalue weighted by atomic mass is 9.95. The fourth-order valence-corrected chi connectivity index (χ4v) is 4.12. The summed E-state index contributed by atoms with van der Waals surface area (Å²) in [6.45, 7) is 0. The molecule has 2 aromatic rings. The van der Waals surface area contributed by atoms with Gasteiger partial charge in [0.1, 0.15) is 5.56 Å². The van der Waals surface area contributed by atoms with Gasteiger partial charge in [-0.3, -0.25) is 24.5 Å². The minimum Gasteiger partial charge on any atom is -0.494 e. The molecule has 1 fully saturated rings. The lowest BCUT2D eigenvalue weighted by molar-refractivity contribution is -0.384. The van der Waals surface area contributed by atoms with Gasteiger partial charge in [0.15, 0.2) is 0 Å². The van der Waals surface area contributed by atoms with Gasteiger partial charge in [-0.05, 0) is 18.4 Å². The van der Waals surface area contributed by atoms with Crippen molar-refractivity contribution in [1.29, 1.82) is 0 Å². The van der Waals surface area contributed by atoms with Crippen LogP contribution in [0.2, 0.25) is 0 Å². The number of nitro groups is 1. The van der Waals surface area contributed by atoms with Gasteiger partial charge in [0.25, 0.3) is 11.2 Å². The second kappa shape index (κ2) is 7.53. The Labute approximate surface area is 165 Å². The summed E-state index contributed by atoms with van der Waals surface area (Å²) < 4.78 is 1.26. The van der Waals surface area contributed by atoms with Crippen LogP contribution in [0.4, 0.5) is 5.69 Å². The number of hydrogen-bond donors (Lipinski definition) is 3. The second-order valence-electron chi connectivity index (χ2n) is 7.42. The highest BCUT2D eigenvalue weighted by molar-refractivity contribution is 6.03. The van der Waals surface area contributed by atoms with Crippen molar-refractivity contribution < 1.29 is 10.0 Å². The highest BCUT2D eigenvalue weighted by Gasteiger charge is 2.30. The average molecular weight is 399 g/mol. The first kappa shape index (κ1) is 18.9. The molecule has 1 aliphatic heterocycles. The molecule has 0 bridgehead atoms. The van der Waals surface area contributed by atoms with Crippen molar-refractivity contribution in [2.24, 2.45) is 5.10 Å². The zero-order chi connectivity index (χ0) is 20.5. The summed E-state index contributed by atoms with van der Waals surface area (Å²) in [4.78, 5) is 37.6. The SMILES string of the molecule is O=c1[nH]c(=O)n(C2CCCCC2)c(O)c1C1=NNC(c2cccc([N+](=O)[O-])c2)C1. The van der Waals surface area contributed by atoms with E-state index in [2.05, 4.69) is 15.5 Å². The van der Waals surface area contributed by atoms with Crippen LogP contribution in [0.15, 0.2) is 39.0 Å². The van der Waals surface area contributed by atoms with Gasteiger partial charge in [-0.15, -0.1) is 0 Å². The third-order valence-electron chi connectivity index (χ3n) is 5.58.